The molecule has 1 unspecified atom stereocenters. The number of amides is 1. The summed E-state index contributed by atoms with van der Waals surface area (Å²) in [5.74, 6) is 0.667. The van der Waals surface area contributed by atoms with Crippen LogP contribution in [-0.2, 0) is 4.79 Å². The molecule has 1 aromatic carbocycles. The molecule has 0 spiro atoms. The Balaban J connectivity index is 1.85. The first-order valence-corrected chi connectivity index (χ1v) is 8.30. The molecule has 2 N–H and O–H groups in total. The highest BCUT2D eigenvalue weighted by Gasteiger charge is 2.27. The minimum absolute atomic E-state index is 0.0700. The van der Waals surface area contributed by atoms with E-state index in [0.29, 0.717) is 18.0 Å². The number of nitrogens with zero attached hydrogens (tertiary/aromatic N) is 1. The first-order chi connectivity index (χ1) is 10.2. The number of rotatable bonds is 6. The maximum Gasteiger partial charge on any atom is 0.238 e. The Morgan fingerprint density at radius 1 is 1.52 bits per heavy atom. The van der Waals surface area contributed by atoms with Crippen molar-refractivity contribution in [1.29, 1.82) is 0 Å². The number of carbonyl (C=O) groups is 1. The van der Waals surface area contributed by atoms with Gasteiger partial charge in [0.2, 0.25) is 5.91 Å². The average molecular weight is 311 g/mol. The number of hydrogen-bond donors (Lipinski definition) is 2. The molecule has 1 aromatic rings. The zero-order chi connectivity index (χ0) is 15.1. The van der Waals surface area contributed by atoms with Crippen LogP contribution in [0, 0.1) is 5.82 Å². The van der Waals surface area contributed by atoms with Gasteiger partial charge in [-0.15, -0.1) is 11.8 Å². The van der Waals surface area contributed by atoms with E-state index in [1.165, 1.54) is 17.8 Å². The van der Waals surface area contributed by atoms with Crippen molar-refractivity contribution in [2.45, 2.75) is 17.9 Å². The fourth-order valence-electron chi connectivity index (χ4n) is 2.40. The summed E-state index contributed by atoms with van der Waals surface area (Å²) in [5, 5.41) is 6.13. The Hall–Kier alpha value is -1.11. The lowest BCUT2D eigenvalue weighted by molar-refractivity contribution is -0.126. The van der Waals surface area contributed by atoms with E-state index in [0.717, 1.165) is 25.4 Å². The smallest absolute Gasteiger partial charge is 0.238 e. The van der Waals surface area contributed by atoms with Crippen LogP contribution in [0.25, 0.3) is 0 Å². The van der Waals surface area contributed by atoms with Crippen LogP contribution in [0.5, 0.6) is 0 Å². The molecular formula is C15H22FN3OS. The zero-order valence-corrected chi connectivity index (χ0v) is 13.1. The molecule has 1 amide bonds. The highest BCUT2D eigenvalue weighted by atomic mass is 32.2. The van der Waals surface area contributed by atoms with Gasteiger partial charge in [-0.2, -0.15) is 0 Å². The molecule has 1 saturated heterocycles. The van der Waals surface area contributed by atoms with Crippen LogP contribution >= 0.6 is 11.8 Å². The lowest BCUT2D eigenvalue weighted by atomic mass is 10.2. The lowest BCUT2D eigenvalue weighted by Crippen LogP contribution is -2.58. The third-order valence-electron chi connectivity index (χ3n) is 3.48. The summed E-state index contributed by atoms with van der Waals surface area (Å²) in [4.78, 5) is 14.9. The second kappa shape index (κ2) is 8.36. The largest absolute Gasteiger partial charge is 0.355 e. The van der Waals surface area contributed by atoms with Gasteiger partial charge in [-0.05, 0) is 19.1 Å². The molecule has 0 aliphatic carbocycles. The quantitative estimate of drug-likeness (QED) is 0.778. The van der Waals surface area contributed by atoms with Gasteiger partial charge >= 0.3 is 0 Å². The van der Waals surface area contributed by atoms with E-state index < -0.39 is 0 Å². The summed E-state index contributed by atoms with van der Waals surface area (Å²) >= 11 is 1.50. The van der Waals surface area contributed by atoms with E-state index in [4.69, 9.17) is 0 Å². The predicted octanol–water partition coefficient (Wildman–Crippen LogP) is 1.33. The van der Waals surface area contributed by atoms with E-state index in [2.05, 4.69) is 15.5 Å². The van der Waals surface area contributed by atoms with Gasteiger partial charge in [0.05, 0.1) is 0 Å². The molecule has 1 atom stereocenters. The maximum atomic E-state index is 13.6. The van der Waals surface area contributed by atoms with E-state index in [1.54, 1.807) is 12.1 Å². The number of piperazine rings is 1. The molecule has 0 saturated carbocycles. The molecule has 21 heavy (non-hydrogen) atoms. The van der Waals surface area contributed by atoms with Crippen LogP contribution < -0.4 is 10.6 Å². The number of nitrogens with one attached hydrogen (secondary N) is 2. The van der Waals surface area contributed by atoms with Gasteiger partial charge in [-0.25, -0.2) is 4.39 Å². The van der Waals surface area contributed by atoms with Crippen LogP contribution in [0.1, 0.15) is 6.92 Å². The lowest BCUT2D eigenvalue weighted by Gasteiger charge is -2.34. The molecular weight excluding hydrogens is 289 g/mol. The topological polar surface area (TPSA) is 44.4 Å². The average Bonchev–Trinajstić information content (AvgIpc) is 2.50. The summed E-state index contributed by atoms with van der Waals surface area (Å²) in [6, 6.07) is 6.68. The highest BCUT2D eigenvalue weighted by Crippen LogP contribution is 2.21. The van der Waals surface area contributed by atoms with Gasteiger partial charge in [0.15, 0.2) is 0 Å². The van der Waals surface area contributed by atoms with Crippen LogP contribution in [-0.4, -0.2) is 55.3 Å². The molecule has 6 heteroatoms. The van der Waals surface area contributed by atoms with Gasteiger partial charge in [0.25, 0.3) is 0 Å². The minimum atomic E-state index is -0.178. The van der Waals surface area contributed by atoms with Gasteiger partial charge in [-0.1, -0.05) is 12.1 Å². The molecule has 0 aromatic heterocycles. The maximum absolute atomic E-state index is 13.6. The Morgan fingerprint density at radius 2 is 2.33 bits per heavy atom. The normalized spacial score (nSPS) is 19.4. The van der Waals surface area contributed by atoms with E-state index in [9.17, 15) is 9.18 Å². The number of benzene rings is 1. The van der Waals surface area contributed by atoms with Gasteiger partial charge in [-0.3, -0.25) is 9.69 Å². The second-order valence-electron chi connectivity index (χ2n) is 4.93. The summed E-state index contributed by atoms with van der Waals surface area (Å²) in [7, 11) is 0. The SMILES string of the molecule is CCNC(=O)C1CNCCN1CCSc1ccccc1F. The summed E-state index contributed by atoms with van der Waals surface area (Å²) in [6.45, 7) is 5.76. The first kappa shape index (κ1) is 16.3. The third-order valence-corrected chi connectivity index (χ3v) is 4.51. The fourth-order valence-corrected chi connectivity index (χ4v) is 3.33. The monoisotopic (exact) mass is 311 g/mol. The van der Waals surface area contributed by atoms with Crippen molar-refractivity contribution in [3.63, 3.8) is 0 Å². The summed E-state index contributed by atoms with van der Waals surface area (Å²) in [6.07, 6.45) is 0. The van der Waals surface area contributed by atoms with Crippen LogP contribution in [0.2, 0.25) is 0 Å². The van der Waals surface area contributed by atoms with Gasteiger partial charge in [0, 0.05) is 43.4 Å². The zero-order valence-electron chi connectivity index (χ0n) is 12.3. The first-order valence-electron chi connectivity index (χ1n) is 7.32. The molecule has 0 bridgehead atoms. The highest BCUT2D eigenvalue weighted by molar-refractivity contribution is 7.99. The molecule has 1 fully saturated rings. The number of hydrogen-bond acceptors (Lipinski definition) is 4. The van der Waals surface area contributed by atoms with Crippen molar-refractivity contribution in [3.8, 4) is 0 Å². The molecule has 1 aliphatic heterocycles. The van der Waals surface area contributed by atoms with Crippen LogP contribution in [0.3, 0.4) is 0 Å². The van der Waals surface area contributed by atoms with E-state index in [-0.39, 0.29) is 17.8 Å². The molecule has 0 radical (unpaired) electrons. The molecule has 116 valence electrons. The Kier molecular flexibility index (Phi) is 6.48. The Bertz CT molecular complexity index is 472. The van der Waals surface area contributed by atoms with Crippen LogP contribution in [0.4, 0.5) is 4.39 Å². The summed E-state index contributed by atoms with van der Waals surface area (Å²) in [5.41, 5.74) is 0. The van der Waals surface area contributed by atoms with Crippen molar-refractivity contribution < 1.29 is 9.18 Å². The summed E-state index contributed by atoms with van der Waals surface area (Å²) < 4.78 is 13.6. The van der Waals surface area contributed by atoms with Crippen molar-refractivity contribution in [2.24, 2.45) is 0 Å². The number of halogens is 1. The second-order valence-corrected chi connectivity index (χ2v) is 6.07. The standard InChI is InChI=1S/C15H22FN3OS/c1-2-18-15(20)13-11-17-7-8-19(13)9-10-21-14-6-4-3-5-12(14)16/h3-6,13,17H,2,7-11H2,1H3,(H,18,20). The Labute approximate surface area is 129 Å². The van der Waals surface area contributed by atoms with Gasteiger partial charge in [0.1, 0.15) is 11.9 Å². The molecule has 4 nitrogen and oxygen atoms in total. The molecule has 1 aliphatic rings. The van der Waals surface area contributed by atoms with Crippen molar-refractivity contribution >= 4 is 17.7 Å². The Morgan fingerprint density at radius 3 is 3.10 bits per heavy atom. The molecule has 2 rings (SSSR count). The fraction of sp³-hybridized carbons (Fsp3) is 0.533. The minimum Gasteiger partial charge on any atom is -0.355 e. The third kappa shape index (κ3) is 4.69. The predicted molar refractivity (Wildman–Crippen MR) is 84.0 cm³/mol. The number of likely N-dealkylation sites (N-methyl/N-ethyl adjacent to an activating group) is 1. The number of thioether (sulfide) groups is 1. The van der Waals surface area contributed by atoms with Crippen LogP contribution in [0.15, 0.2) is 29.2 Å². The number of carbonyl (C=O) groups excluding carboxylic acids is 1. The van der Waals surface area contributed by atoms with Crippen molar-refractivity contribution in [2.75, 3.05) is 38.5 Å². The van der Waals surface area contributed by atoms with Crippen molar-refractivity contribution in [3.05, 3.63) is 30.1 Å². The molecule has 1 heterocycles. The van der Waals surface area contributed by atoms with E-state index >= 15 is 0 Å². The van der Waals surface area contributed by atoms with Gasteiger partial charge < -0.3 is 10.6 Å². The van der Waals surface area contributed by atoms with Crippen molar-refractivity contribution in [1.82, 2.24) is 15.5 Å². The van der Waals surface area contributed by atoms with E-state index in [1.807, 2.05) is 13.0 Å².